The number of carbonyl (C=O) groups is 2. The molecular weight excluding hydrogens is 240 g/mol. The number of carboxylic acid groups (broad SMARTS) is 1. The third kappa shape index (κ3) is 4.44. The van der Waals surface area contributed by atoms with E-state index in [0.29, 0.717) is 6.54 Å². The average molecular weight is 256 g/mol. The number of urea groups is 1. The summed E-state index contributed by atoms with van der Waals surface area (Å²) in [6, 6.07) is 2.48. The van der Waals surface area contributed by atoms with Gasteiger partial charge < -0.3 is 15.7 Å². The molecule has 2 amide bonds. The Morgan fingerprint density at radius 2 is 2.18 bits per heavy atom. The van der Waals surface area contributed by atoms with Crippen molar-refractivity contribution in [1.82, 2.24) is 10.6 Å². The highest BCUT2D eigenvalue weighted by atomic mass is 32.1. The first kappa shape index (κ1) is 13.5. The Labute approximate surface area is 104 Å². The van der Waals surface area contributed by atoms with Crippen LogP contribution in [-0.2, 0) is 11.3 Å². The van der Waals surface area contributed by atoms with Crippen LogP contribution in [0, 0.1) is 5.92 Å². The second kappa shape index (κ2) is 6.24. The molecule has 5 nitrogen and oxygen atoms in total. The molecule has 0 spiro atoms. The van der Waals surface area contributed by atoms with Crippen LogP contribution in [0.5, 0.6) is 0 Å². The van der Waals surface area contributed by atoms with E-state index < -0.39 is 18.0 Å². The summed E-state index contributed by atoms with van der Waals surface area (Å²) in [7, 11) is 0. The van der Waals surface area contributed by atoms with Crippen molar-refractivity contribution in [2.24, 2.45) is 5.92 Å². The van der Waals surface area contributed by atoms with E-state index in [9.17, 15) is 9.59 Å². The number of carboxylic acids is 1. The minimum atomic E-state index is -1.02. The maximum Gasteiger partial charge on any atom is 0.326 e. The molecule has 1 heterocycles. The molecule has 1 aromatic heterocycles. The largest absolute Gasteiger partial charge is 0.480 e. The lowest BCUT2D eigenvalue weighted by atomic mass is 10.1. The Hall–Kier alpha value is -1.56. The van der Waals surface area contributed by atoms with Crippen molar-refractivity contribution in [2.75, 3.05) is 0 Å². The van der Waals surface area contributed by atoms with Crippen molar-refractivity contribution in [3.63, 3.8) is 0 Å². The molecule has 0 bridgehead atoms. The Kier molecular flexibility index (Phi) is 4.96. The van der Waals surface area contributed by atoms with Gasteiger partial charge in [-0.15, -0.1) is 11.3 Å². The number of hydrogen-bond acceptors (Lipinski definition) is 3. The first-order valence-corrected chi connectivity index (χ1v) is 6.18. The summed E-state index contributed by atoms with van der Waals surface area (Å²) in [5, 5.41) is 15.9. The average Bonchev–Trinajstić information content (AvgIpc) is 2.74. The maximum absolute atomic E-state index is 11.5. The molecule has 94 valence electrons. The van der Waals surface area contributed by atoms with Crippen molar-refractivity contribution >= 4 is 23.3 Å². The monoisotopic (exact) mass is 256 g/mol. The third-order valence-corrected chi connectivity index (χ3v) is 3.10. The first-order chi connectivity index (χ1) is 8.00. The fraction of sp³-hybridized carbons (Fsp3) is 0.455. The van der Waals surface area contributed by atoms with Gasteiger partial charge in [-0.05, 0) is 17.4 Å². The third-order valence-electron chi connectivity index (χ3n) is 2.22. The topological polar surface area (TPSA) is 78.4 Å². The van der Waals surface area contributed by atoms with E-state index >= 15 is 0 Å². The summed E-state index contributed by atoms with van der Waals surface area (Å²) < 4.78 is 0. The molecule has 0 aliphatic heterocycles. The standard InChI is InChI=1S/C11H16N2O3S/c1-7(2)9(10(14)15)13-11(16)12-6-8-4-3-5-17-8/h3-5,7,9H,6H2,1-2H3,(H,14,15)(H2,12,13,16)/t9-/m0/s1. The van der Waals surface area contributed by atoms with E-state index in [1.807, 2.05) is 17.5 Å². The van der Waals surface area contributed by atoms with Crippen LogP contribution < -0.4 is 10.6 Å². The molecule has 1 aromatic rings. The second-order valence-corrected chi connectivity index (χ2v) is 5.00. The number of carbonyl (C=O) groups excluding carboxylic acids is 1. The van der Waals surface area contributed by atoms with Gasteiger partial charge in [-0.2, -0.15) is 0 Å². The molecule has 0 fully saturated rings. The maximum atomic E-state index is 11.5. The van der Waals surface area contributed by atoms with Crippen molar-refractivity contribution in [1.29, 1.82) is 0 Å². The molecule has 0 aromatic carbocycles. The van der Waals surface area contributed by atoms with Crippen molar-refractivity contribution in [3.8, 4) is 0 Å². The molecule has 1 rings (SSSR count). The normalized spacial score (nSPS) is 12.2. The molecule has 0 aliphatic carbocycles. The molecule has 1 atom stereocenters. The molecule has 0 unspecified atom stereocenters. The molecule has 0 saturated carbocycles. The lowest BCUT2D eigenvalue weighted by molar-refractivity contribution is -0.140. The second-order valence-electron chi connectivity index (χ2n) is 3.97. The quantitative estimate of drug-likeness (QED) is 0.749. The van der Waals surface area contributed by atoms with Crippen molar-refractivity contribution in [2.45, 2.75) is 26.4 Å². The lowest BCUT2D eigenvalue weighted by Gasteiger charge is -2.18. The predicted molar refractivity (Wildman–Crippen MR) is 66.0 cm³/mol. The van der Waals surface area contributed by atoms with E-state index in [-0.39, 0.29) is 5.92 Å². The van der Waals surface area contributed by atoms with Crippen LogP contribution in [0.25, 0.3) is 0 Å². The zero-order valence-corrected chi connectivity index (χ0v) is 10.6. The van der Waals surface area contributed by atoms with Crippen LogP contribution in [0.1, 0.15) is 18.7 Å². The van der Waals surface area contributed by atoms with E-state index in [0.717, 1.165) is 4.88 Å². The molecule has 0 aliphatic rings. The summed E-state index contributed by atoms with van der Waals surface area (Å²) >= 11 is 1.54. The molecular formula is C11H16N2O3S. The van der Waals surface area contributed by atoms with Gasteiger partial charge in [0.25, 0.3) is 0 Å². The van der Waals surface area contributed by atoms with Gasteiger partial charge >= 0.3 is 12.0 Å². The van der Waals surface area contributed by atoms with Gasteiger partial charge in [-0.3, -0.25) is 0 Å². The van der Waals surface area contributed by atoms with Gasteiger partial charge in [-0.1, -0.05) is 19.9 Å². The predicted octanol–water partition coefficient (Wildman–Crippen LogP) is 1.66. The summed E-state index contributed by atoms with van der Waals surface area (Å²) in [4.78, 5) is 23.4. The summed E-state index contributed by atoms with van der Waals surface area (Å²) in [5.74, 6) is -1.17. The van der Waals surface area contributed by atoms with E-state index in [2.05, 4.69) is 10.6 Å². The zero-order chi connectivity index (χ0) is 12.8. The van der Waals surface area contributed by atoms with Crippen molar-refractivity contribution < 1.29 is 14.7 Å². The molecule has 6 heteroatoms. The molecule has 3 N–H and O–H groups in total. The Balaban J connectivity index is 2.40. The molecule has 0 radical (unpaired) electrons. The smallest absolute Gasteiger partial charge is 0.326 e. The molecule has 17 heavy (non-hydrogen) atoms. The summed E-state index contributed by atoms with van der Waals surface area (Å²) in [5.41, 5.74) is 0. The zero-order valence-electron chi connectivity index (χ0n) is 9.77. The van der Waals surface area contributed by atoms with Crippen LogP contribution in [0.4, 0.5) is 4.79 Å². The van der Waals surface area contributed by atoms with Gasteiger partial charge in [-0.25, -0.2) is 9.59 Å². The SMILES string of the molecule is CC(C)[C@H](NC(=O)NCc1cccs1)C(=O)O. The van der Waals surface area contributed by atoms with Gasteiger partial charge in [0.05, 0.1) is 6.54 Å². The number of aliphatic carboxylic acids is 1. The van der Waals surface area contributed by atoms with Crippen LogP contribution in [-0.4, -0.2) is 23.1 Å². The highest BCUT2D eigenvalue weighted by Gasteiger charge is 2.23. The van der Waals surface area contributed by atoms with E-state index in [1.165, 1.54) is 11.3 Å². The van der Waals surface area contributed by atoms with Gasteiger partial charge in [0, 0.05) is 4.88 Å². The molecule has 0 saturated heterocycles. The fourth-order valence-electron chi connectivity index (χ4n) is 1.29. The van der Waals surface area contributed by atoms with Crippen LogP contribution in [0.15, 0.2) is 17.5 Å². The van der Waals surface area contributed by atoms with Crippen LogP contribution >= 0.6 is 11.3 Å². The van der Waals surface area contributed by atoms with Gasteiger partial charge in [0.2, 0.25) is 0 Å². The lowest BCUT2D eigenvalue weighted by Crippen LogP contribution is -2.48. The van der Waals surface area contributed by atoms with Crippen LogP contribution in [0.3, 0.4) is 0 Å². The summed E-state index contributed by atoms with van der Waals surface area (Å²) in [6.45, 7) is 3.91. The number of thiophene rings is 1. The number of hydrogen-bond donors (Lipinski definition) is 3. The van der Waals surface area contributed by atoms with Gasteiger partial charge in [0.1, 0.15) is 6.04 Å². The Bertz CT molecular complexity index is 376. The minimum Gasteiger partial charge on any atom is -0.480 e. The highest BCUT2D eigenvalue weighted by Crippen LogP contribution is 2.07. The fourth-order valence-corrected chi connectivity index (χ4v) is 1.93. The van der Waals surface area contributed by atoms with E-state index in [4.69, 9.17) is 5.11 Å². The number of rotatable bonds is 5. The summed E-state index contributed by atoms with van der Waals surface area (Å²) in [6.07, 6.45) is 0. The number of nitrogens with one attached hydrogen (secondary N) is 2. The van der Waals surface area contributed by atoms with Crippen molar-refractivity contribution in [3.05, 3.63) is 22.4 Å². The first-order valence-electron chi connectivity index (χ1n) is 5.30. The van der Waals surface area contributed by atoms with Gasteiger partial charge in [0.15, 0.2) is 0 Å². The Morgan fingerprint density at radius 1 is 1.47 bits per heavy atom. The van der Waals surface area contributed by atoms with Crippen LogP contribution in [0.2, 0.25) is 0 Å². The minimum absolute atomic E-state index is 0.153. The number of amides is 2. The Morgan fingerprint density at radius 3 is 2.65 bits per heavy atom. The van der Waals surface area contributed by atoms with E-state index in [1.54, 1.807) is 13.8 Å². The highest BCUT2D eigenvalue weighted by molar-refractivity contribution is 7.09.